The van der Waals surface area contributed by atoms with Crippen LogP contribution in [0.3, 0.4) is 0 Å². The van der Waals surface area contributed by atoms with Gasteiger partial charge in [0.2, 0.25) is 0 Å². The van der Waals surface area contributed by atoms with E-state index < -0.39 is 0 Å². The summed E-state index contributed by atoms with van der Waals surface area (Å²) >= 11 is 3.60. The van der Waals surface area contributed by atoms with Crippen LogP contribution in [-0.4, -0.2) is 25.4 Å². The number of hydrogen-bond donors (Lipinski definition) is 1. The Morgan fingerprint density at radius 1 is 1.20 bits per heavy atom. The Hall–Kier alpha value is -0.420. The van der Waals surface area contributed by atoms with Gasteiger partial charge in [0.05, 0.1) is 25.4 Å². The molecule has 4 heteroatoms. The minimum Gasteiger partial charge on any atom is -0.374 e. The molecule has 0 bridgehead atoms. The van der Waals surface area contributed by atoms with Crippen molar-refractivity contribution in [3.8, 4) is 0 Å². The van der Waals surface area contributed by atoms with Gasteiger partial charge in [-0.05, 0) is 44.5 Å². The smallest absolute Gasteiger partial charge is 0.0728 e. The van der Waals surface area contributed by atoms with Gasteiger partial charge in [0.25, 0.3) is 0 Å². The maximum absolute atomic E-state index is 5.65. The van der Waals surface area contributed by atoms with Crippen LogP contribution in [0.5, 0.6) is 0 Å². The molecule has 0 aliphatic heterocycles. The molecule has 114 valence electrons. The first-order chi connectivity index (χ1) is 9.42. The highest BCUT2D eigenvalue weighted by Crippen LogP contribution is 2.19. The molecule has 0 radical (unpaired) electrons. The summed E-state index contributed by atoms with van der Waals surface area (Å²) in [7, 11) is 0. The number of ether oxygens (including phenoxy) is 2. The molecule has 0 heterocycles. The van der Waals surface area contributed by atoms with Crippen LogP contribution in [-0.2, 0) is 22.6 Å². The summed E-state index contributed by atoms with van der Waals surface area (Å²) in [5.74, 6) is 0. The monoisotopic (exact) mass is 343 g/mol. The summed E-state index contributed by atoms with van der Waals surface area (Å²) in [6, 6.07) is 6.39. The fourth-order valence-electron chi connectivity index (χ4n) is 1.68. The second-order valence-corrected chi connectivity index (χ2v) is 6.57. The molecular formula is C16H26BrNO2. The lowest BCUT2D eigenvalue weighted by atomic mass is 10.1. The van der Waals surface area contributed by atoms with Crippen LogP contribution in [0.1, 0.15) is 38.8 Å². The number of benzene rings is 1. The van der Waals surface area contributed by atoms with Crippen molar-refractivity contribution in [3.63, 3.8) is 0 Å². The zero-order valence-corrected chi connectivity index (χ0v) is 14.5. The molecule has 0 unspecified atom stereocenters. The third kappa shape index (κ3) is 7.39. The summed E-state index contributed by atoms with van der Waals surface area (Å²) in [6.45, 7) is 12.0. The van der Waals surface area contributed by atoms with E-state index in [1.807, 2.05) is 20.8 Å². The maximum atomic E-state index is 5.65. The summed E-state index contributed by atoms with van der Waals surface area (Å²) < 4.78 is 12.4. The molecule has 0 aliphatic carbocycles. The Balaban J connectivity index is 2.33. The first-order valence-corrected chi connectivity index (χ1v) is 7.91. The lowest BCUT2D eigenvalue weighted by Crippen LogP contribution is -2.21. The van der Waals surface area contributed by atoms with Crippen LogP contribution in [0.4, 0.5) is 0 Å². The highest BCUT2D eigenvalue weighted by atomic mass is 79.9. The molecule has 0 aliphatic rings. The van der Waals surface area contributed by atoms with E-state index in [1.165, 1.54) is 11.1 Å². The molecule has 1 aromatic rings. The van der Waals surface area contributed by atoms with Gasteiger partial charge in [-0.3, -0.25) is 0 Å². The van der Waals surface area contributed by atoms with Gasteiger partial charge in [-0.2, -0.15) is 0 Å². The first-order valence-electron chi connectivity index (χ1n) is 7.12. The van der Waals surface area contributed by atoms with Crippen molar-refractivity contribution in [1.29, 1.82) is 0 Å². The third-order valence-corrected chi connectivity index (χ3v) is 3.46. The summed E-state index contributed by atoms with van der Waals surface area (Å²) in [5, 5.41) is 3.32. The molecule has 0 saturated carbocycles. The number of nitrogens with one attached hydrogen (secondary N) is 1. The molecular weight excluding hydrogens is 318 g/mol. The highest BCUT2D eigenvalue weighted by molar-refractivity contribution is 9.10. The zero-order chi connectivity index (χ0) is 15.0. The van der Waals surface area contributed by atoms with Gasteiger partial charge in [0.15, 0.2) is 0 Å². The summed E-state index contributed by atoms with van der Waals surface area (Å²) in [4.78, 5) is 0. The SMILES string of the molecule is CCNCc1ccc(COCCOC(C)(C)C)c(Br)c1. The van der Waals surface area contributed by atoms with Gasteiger partial charge >= 0.3 is 0 Å². The van der Waals surface area contributed by atoms with Crippen LogP contribution >= 0.6 is 15.9 Å². The van der Waals surface area contributed by atoms with E-state index in [9.17, 15) is 0 Å². The van der Waals surface area contributed by atoms with E-state index in [-0.39, 0.29) is 5.60 Å². The average Bonchev–Trinajstić information content (AvgIpc) is 2.36. The Labute approximate surface area is 131 Å². The van der Waals surface area contributed by atoms with E-state index in [0.29, 0.717) is 19.8 Å². The van der Waals surface area contributed by atoms with Gasteiger partial charge in [-0.15, -0.1) is 0 Å². The lowest BCUT2D eigenvalue weighted by Gasteiger charge is -2.19. The molecule has 0 saturated heterocycles. The zero-order valence-electron chi connectivity index (χ0n) is 13.0. The van der Waals surface area contributed by atoms with Crippen LogP contribution in [0.15, 0.2) is 22.7 Å². The maximum Gasteiger partial charge on any atom is 0.0728 e. The van der Waals surface area contributed by atoms with Crippen molar-refractivity contribution < 1.29 is 9.47 Å². The molecule has 0 atom stereocenters. The molecule has 20 heavy (non-hydrogen) atoms. The molecule has 1 N–H and O–H groups in total. The predicted molar refractivity (Wildman–Crippen MR) is 86.9 cm³/mol. The van der Waals surface area contributed by atoms with Gasteiger partial charge < -0.3 is 14.8 Å². The molecule has 0 fully saturated rings. The van der Waals surface area contributed by atoms with Crippen molar-refractivity contribution in [2.45, 2.75) is 46.4 Å². The number of halogens is 1. The van der Waals surface area contributed by atoms with Gasteiger partial charge in [0, 0.05) is 11.0 Å². The Kier molecular flexibility index (Phi) is 7.74. The van der Waals surface area contributed by atoms with E-state index in [2.05, 4.69) is 46.4 Å². The van der Waals surface area contributed by atoms with Crippen LogP contribution in [0.2, 0.25) is 0 Å². The lowest BCUT2D eigenvalue weighted by molar-refractivity contribution is -0.0377. The Bertz CT molecular complexity index is 402. The molecule has 1 aromatic carbocycles. The quantitative estimate of drug-likeness (QED) is 0.726. The van der Waals surface area contributed by atoms with E-state index in [0.717, 1.165) is 17.6 Å². The predicted octanol–water partition coefficient (Wildman–Crippen LogP) is 3.89. The highest BCUT2D eigenvalue weighted by Gasteiger charge is 2.09. The van der Waals surface area contributed by atoms with Crippen molar-refractivity contribution in [3.05, 3.63) is 33.8 Å². The largest absolute Gasteiger partial charge is 0.374 e. The van der Waals surface area contributed by atoms with Crippen LogP contribution in [0.25, 0.3) is 0 Å². The molecule has 0 spiro atoms. The van der Waals surface area contributed by atoms with Crippen LogP contribution in [0, 0.1) is 0 Å². The average molecular weight is 344 g/mol. The normalized spacial score (nSPS) is 11.8. The van der Waals surface area contributed by atoms with E-state index in [4.69, 9.17) is 9.47 Å². The van der Waals surface area contributed by atoms with Crippen molar-refractivity contribution >= 4 is 15.9 Å². The second-order valence-electron chi connectivity index (χ2n) is 5.72. The third-order valence-electron chi connectivity index (χ3n) is 2.72. The fraction of sp³-hybridized carbons (Fsp3) is 0.625. The van der Waals surface area contributed by atoms with Crippen LogP contribution < -0.4 is 5.32 Å². The van der Waals surface area contributed by atoms with E-state index >= 15 is 0 Å². The van der Waals surface area contributed by atoms with Crippen molar-refractivity contribution in [2.24, 2.45) is 0 Å². The number of hydrogen-bond acceptors (Lipinski definition) is 3. The first kappa shape index (κ1) is 17.6. The number of rotatable bonds is 8. The second kappa shape index (κ2) is 8.78. The van der Waals surface area contributed by atoms with Crippen molar-refractivity contribution in [2.75, 3.05) is 19.8 Å². The Morgan fingerprint density at radius 2 is 1.95 bits per heavy atom. The molecule has 3 nitrogen and oxygen atoms in total. The molecule has 0 amide bonds. The Morgan fingerprint density at radius 3 is 2.55 bits per heavy atom. The fourth-order valence-corrected chi connectivity index (χ4v) is 2.22. The molecule has 1 rings (SSSR count). The van der Waals surface area contributed by atoms with E-state index in [1.54, 1.807) is 0 Å². The minimum absolute atomic E-state index is 0.0993. The molecule has 0 aromatic heterocycles. The van der Waals surface area contributed by atoms with Gasteiger partial charge in [-0.25, -0.2) is 0 Å². The minimum atomic E-state index is -0.0993. The van der Waals surface area contributed by atoms with Gasteiger partial charge in [0.1, 0.15) is 0 Å². The van der Waals surface area contributed by atoms with Crippen molar-refractivity contribution in [1.82, 2.24) is 5.32 Å². The van der Waals surface area contributed by atoms with Gasteiger partial charge in [-0.1, -0.05) is 35.0 Å². The topological polar surface area (TPSA) is 30.5 Å². The summed E-state index contributed by atoms with van der Waals surface area (Å²) in [5.41, 5.74) is 2.34. The summed E-state index contributed by atoms with van der Waals surface area (Å²) in [6.07, 6.45) is 0. The standard InChI is InChI=1S/C16H26BrNO2/c1-5-18-11-13-6-7-14(15(17)10-13)12-19-8-9-20-16(2,3)4/h6-7,10,18H,5,8-9,11-12H2,1-4H3.